The second kappa shape index (κ2) is 11.5. The molecule has 1 rings (SSSR count). The van der Waals surface area contributed by atoms with Gasteiger partial charge < -0.3 is 15.2 Å². The predicted octanol–water partition coefficient (Wildman–Crippen LogP) is 5.38. The lowest BCUT2D eigenvalue weighted by Gasteiger charge is -2.28. The van der Waals surface area contributed by atoms with Crippen LogP contribution in [0.4, 0.5) is 5.69 Å². The van der Waals surface area contributed by atoms with Crippen LogP contribution >= 0.6 is 15.9 Å². The third-order valence-corrected chi connectivity index (χ3v) is 4.86. The van der Waals surface area contributed by atoms with E-state index in [1.54, 1.807) is 0 Å². The maximum absolute atomic E-state index is 11.4. The number of ether oxygens (including phenoxy) is 1. The molecule has 0 aliphatic heterocycles. The summed E-state index contributed by atoms with van der Waals surface area (Å²) in [7, 11) is 0. The van der Waals surface area contributed by atoms with Gasteiger partial charge in [0, 0.05) is 23.1 Å². The third-order valence-electron chi connectivity index (χ3n) is 4.41. The highest BCUT2D eigenvalue weighted by atomic mass is 79.9. The lowest BCUT2D eigenvalue weighted by atomic mass is 9.86. The Morgan fingerprint density at radius 3 is 2.60 bits per heavy atom. The number of hydrogen-bond acceptors (Lipinski definition) is 4. The minimum Gasteiger partial charge on any atom is -0.466 e. The first-order valence-electron chi connectivity index (χ1n) is 9.38. The number of nitrogens with one attached hydrogen (secondary N) is 1. The van der Waals surface area contributed by atoms with Gasteiger partial charge in [0.05, 0.1) is 12.2 Å². The van der Waals surface area contributed by atoms with Crippen molar-refractivity contribution >= 4 is 27.6 Å². The van der Waals surface area contributed by atoms with E-state index in [1.807, 2.05) is 32.0 Å². The molecule has 5 heteroatoms. The Kier molecular flexibility index (Phi) is 10.1. The average Bonchev–Trinajstić information content (AvgIpc) is 2.58. The fraction of sp³-hybridized carbons (Fsp3) is 0.650. The molecular weight excluding hydrogens is 382 g/mol. The fourth-order valence-electron chi connectivity index (χ4n) is 2.85. The van der Waals surface area contributed by atoms with Crippen molar-refractivity contribution in [2.75, 3.05) is 18.5 Å². The van der Waals surface area contributed by atoms with Crippen molar-refractivity contribution in [2.24, 2.45) is 0 Å². The SMILES string of the molecule is CCCCCC(O)(CC)c1cc(Br)cc(NCCCC(=O)OCC)c1. The van der Waals surface area contributed by atoms with Gasteiger partial charge in [-0.1, -0.05) is 49.0 Å². The van der Waals surface area contributed by atoms with Crippen molar-refractivity contribution in [1.82, 2.24) is 0 Å². The van der Waals surface area contributed by atoms with Gasteiger partial charge in [-0.2, -0.15) is 0 Å². The molecular formula is C20H32BrNO3. The molecule has 0 saturated heterocycles. The van der Waals surface area contributed by atoms with Crippen LogP contribution in [0.1, 0.15) is 71.3 Å². The summed E-state index contributed by atoms with van der Waals surface area (Å²) in [6.07, 6.45) is 5.90. The predicted molar refractivity (Wildman–Crippen MR) is 107 cm³/mol. The van der Waals surface area contributed by atoms with Gasteiger partial charge in [-0.25, -0.2) is 0 Å². The number of aliphatic hydroxyl groups is 1. The number of esters is 1. The minimum absolute atomic E-state index is 0.157. The summed E-state index contributed by atoms with van der Waals surface area (Å²) in [5.41, 5.74) is 1.10. The standard InChI is InChI=1S/C20H32BrNO3/c1-4-7-8-11-20(24,5-2)16-13-17(21)15-18(14-16)22-12-9-10-19(23)25-6-3/h13-15,22,24H,4-12H2,1-3H3. The van der Waals surface area contributed by atoms with E-state index in [2.05, 4.69) is 28.2 Å². The molecule has 2 N–H and O–H groups in total. The van der Waals surface area contributed by atoms with Crippen molar-refractivity contribution in [3.8, 4) is 0 Å². The Bertz CT molecular complexity index is 536. The Morgan fingerprint density at radius 2 is 1.96 bits per heavy atom. The molecule has 0 spiro atoms. The van der Waals surface area contributed by atoms with Gasteiger partial charge in [-0.15, -0.1) is 0 Å². The normalized spacial score (nSPS) is 13.3. The fourth-order valence-corrected chi connectivity index (χ4v) is 3.34. The second-order valence-electron chi connectivity index (χ2n) is 6.41. The van der Waals surface area contributed by atoms with E-state index >= 15 is 0 Å². The van der Waals surface area contributed by atoms with E-state index in [-0.39, 0.29) is 5.97 Å². The van der Waals surface area contributed by atoms with Crippen molar-refractivity contribution in [3.05, 3.63) is 28.2 Å². The zero-order valence-corrected chi connectivity index (χ0v) is 17.3. The Morgan fingerprint density at radius 1 is 1.20 bits per heavy atom. The van der Waals surface area contributed by atoms with E-state index in [0.29, 0.717) is 26.0 Å². The van der Waals surface area contributed by atoms with Gasteiger partial charge >= 0.3 is 5.97 Å². The Hall–Kier alpha value is -1.07. The quantitative estimate of drug-likeness (QED) is 0.356. The lowest BCUT2D eigenvalue weighted by Crippen LogP contribution is -2.25. The van der Waals surface area contributed by atoms with Crippen molar-refractivity contribution in [1.29, 1.82) is 0 Å². The van der Waals surface area contributed by atoms with Crippen LogP contribution in [-0.4, -0.2) is 24.2 Å². The second-order valence-corrected chi connectivity index (χ2v) is 7.32. The van der Waals surface area contributed by atoms with Crippen molar-refractivity contribution in [2.45, 2.75) is 71.3 Å². The van der Waals surface area contributed by atoms with Gasteiger partial charge in [0.15, 0.2) is 0 Å². The summed E-state index contributed by atoms with van der Waals surface area (Å²) in [5, 5.41) is 14.4. The molecule has 1 unspecified atom stereocenters. The summed E-state index contributed by atoms with van der Waals surface area (Å²) in [6, 6.07) is 6.01. The van der Waals surface area contributed by atoms with E-state index in [0.717, 1.165) is 47.8 Å². The highest BCUT2D eigenvalue weighted by Gasteiger charge is 2.27. The van der Waals surface area contributed by atoms with E-state index in [9.17, 15) is 9.90 Å². The zero-order chi connectivity index (χ0) is 18.7. The summed E-state index contributed by atoms with van der Waals surface area (Å²) >= 11 is 3.54. The molecule has 25 heavy (non-hydrogen) atoms. The average molecular weight is 414 g/mol. The lowest BCUT2D eigenvalue weighted by molar-refractivity contribution is -0.143. The molecule has 1 atom stereocenters. The van der Waals surface area contributed by atoms with Gasteiger partial charge in [-0.3, -0.25) is 4.79 Å². The first-order valence-corrected chi connectivity index (χ1v) is 10.2. The maximum Gasteiger partial charge on any atom is 0.305 e. The molecule has 0 aliphatic carbocycles. The third kappa shape index (κ3) is 7.78. The van der Waals surface area contributed by atoms with Crippen LogP contribution in [0.25, 0.3) is 0 Å². The van der Waals surface area contributed by atoms with Gasteiger partial charge in [0.1, 0.15) is 0 Å². The molecule has 0 aromatic heterocycles. The molecule has 1 aromatic rings. The topological polar surface area (TPSA) is 58.6 Å². The highest BCUT2D eigenvalue weighted by molar-refractivity contribution is 9.10. The molecule has 0 saturated carbocycles. The molecule has 0 heterocycles. The minimum atomic E-state index is -0.791. The molecule has 142 valence electrons. The summed E-state index contributed by atoms with van der Waals surface area (Å²) < 4.78 is 5.88. The number of halogens is 1. The Balaban J connectivity index is 2.69. The van der Waals surface area contributed by atoms with Crippen LogP contribution in [0.15, 0.2) is 22.7 Å². The molecule has 0 amide bonds. The summed E-state index contributed by atoms with van der Waals surface area (Å²) in [4.78, 5) is 11.4. The number of carbonyl (C=O) groups is 1. The highest BCUT2D eigenvalue weighted by Crippen LogP contribution is 2.34. The van der Waals surface area contributed by atoms with E-state index in [4.69, 9.17) is 4.74 Å². The zero-order valence-electron chi connectivity index (χ0n) is 15.7. The summed E-state index contributed by atoms with van der Waals surface area (Å²) in [5.74, 6) is -0.157. The molecule has 1 aromatic carbocycles. The molecule has 0 fully saturated rings. The number of benzene rings is 1. The van der Waals surface area contributed by atoms with Crippen LogP contribution in [0, 0.1) is 0 Å². The first kappa shape index (κ1) is 22.0. The molecule has 0 radical (unpaired) electrons. The largest absolute Gasteiger partial charge is 0.466 e. The molecule has 0 bridgehead atoms. The number of hydrogen-bond donors (Lipinski definition) is 2. The van der Waals surface area contributed by atoms with Crippen LogP contribution < -0.4 is 5.32 Å². The van der Waals surface area contributed by atoms with Crippen LogP contribution in [0.3, 0.4) is 0 Å². The molecule has 4 nitrogen and oxygen atoms in total. The van der Waals surface area contributed by atoms with Gasteiger partial charge in [-0.05, 0) is 49.9 Å². The van der Waals surface area contributed by atoms with E-state index < -0.39 is 5.60 Å². The Labute approximate surface area is 160 Å². The van der Waals surface area contributed by atoms with Crippen LogP contribution in [-0.2, 0) is 15.1 Å². The van der Waals surface area contributed by atoms with Gasteiger partial charge in [0.2, 0.25) is 0 Å². The number of rotatable bonds is 12. The van der Waals surface area contributed by atoms with E-state index in [1.165, 1.54) is 0 Å². The van der Waals surface area contributed by atoms with Gasteiger partial charge in [0.25, 0.3) is 0 Å². The van der Waals surface area contributed by atoms with Crippen LogP contribution in [0.5, 0.6) is 0 Å². The number of unbranched alkanes of at least 4 members (excludes halogenated alkanes) is 2. The smallest absolute Gasteiger partial charge is 0.305 e. The van der Waals surface area contributed by atoms with Crippen molar-refractivity contribution < 1.29 is 14.6 Å². The summed E-state index contributed by atoms with van der Waals surface area (Å²) in [6.45, 7) is 7.13. The first-order chi connectivity index (χ1) is 11.9. The number of anilines is 1. The van der Waals surface area contributed by atoms with Crippen LogP contribution in [0.2, 0.25) is 0 Å². The monoisotopic (exact) mass is 413 g/mol. The molecule has 0 aliphatic rings. The number of carbonyl (C=O) groups excluding carboxylic acids is 1. The van der Waals surface area contributed by atoms with Crippen molar-refractivity contribution in [3.63, 3.8) is 0 Å². The maximum atomic E-state index is 11.4.